The molecule has 0 aromatic heterocycles. The molecule has 2 rings (SSSR count). The highest BCUT2D eigenvalue weighted by atomic mass is 15.2. The first-order chi connectivity index (χ1) is 8.45. The van der Waals surface area contributed by atoms with Crippen molar-refractivity contribution in [2.45, 2.75) is 32.7 Å². The smallest absolute Gasteiger partial charge is 0.0235 e. The van der Waals surface area contributed by atoms with Crippen molar-refractivity contribution < 1.29 is 0 Å². The monoisotopic (exact) mass is 245 g/mol. The van der Waals surface area contributed by atoms with Crippen molar-refractivity contribution in [1.82, 2.24) is 9.80 Å². The zero-order valence-corrected chi connectivity index (χ0v) is 12.2. The maximum absolute atomic E-state index is 3.44. The van der Waals surface area contributed by atoms with Gasteiger partial charge in [0.15, 0.2) is 0 Å². The van der Waals surface area contributed by atoms with Gasteiger partial charge in [0.1, 0.15) is 0 Å². The molecule has 0 unspecified atom stereocenters. The van der Waals surface area contributed by atoms with Crippen molar-refractivity contribution in [2.75, 3.05) is 33.2 Å². The van der Waals surface area contributed by atoms with E-state index < -0.39 is 0 Å². The summed E-state index contributed by atoms with van der Waals surface area (Å²) in [6.07, 6.45) is 0. The van der Waals surface area contributed by atoms with Gasteiger partial charge in [0.25, 0.3) is 0 Å². The summed E-state index contributed by atoms with van der Waals surface area (Å²) in [7, 11) is 2.20. The minimum atomic E-state index is 0.201. The molecule has 0 aliphatic carbocycles. The fourth-order valence-electron chi connectivity index (χ4n) is 2.29. The van der Waals surface area contributed by atoms with Crippen LogP contribution in [0.1, 0.15) is 31.9 Å². The minimum absolute atomic E-state index is 0.201. The number of benzene rings is 1. The lowest BCUT2D eigenvalue weighted by Crippen LogP contribution is -2.43. The third-order valence-corrected chi connectivity index (χ3v) is 3.69. The summed E-state index contributed by atoms with van der Waals surface area (Å²) in [5, 5.41) is 0. The van der Waals surface area contributed by atoms with E-state index in [-0.39, 0.29) is 5.41 Å². The average Bonchev–Trinajstić information content (AvgIpc) is 2.32. The largest absolute Gasteiger partial charge is 0.304 e. The molecule has 1 radical (unpaired) electrons. The van der Waals surface area contributed by atoms with Crippen molar-refractivity contribution in [2.24, 2.45) is 0 Å². The Hall–Kier alpha value is -0.860. The summed E-state index contributed by atoms with van der Waals surface area (Å²) in [5.74, 6) is 0. The predicted octanol–water partition coefficient (Wildman–Crippen LogP) is 2.53. The van der Waals surface area contributed by atoms with E-state index in [1.54, 1.807) is 0 Å². The summed E-state index contributed by atoms with van der Waals surface area (Å²) < 4.78 is 0. The predicted molar refractivity (Wildman–Crippen MR) is 76.8 cm³/mol. The van der Waals surface area contributed by atoms with Crippen LogP contribution < -0.4 is 0 Å². The first-order valence-corrected chi connectivity index (χ1v) is 6.87. The van der Waals surface area contributed by atoms with Crippen LogP contribution >= 0.6 is 0 Å². The van der Waals surface area contributed by atoms with Gasteiger partial charge in [-0.3, -0.25) is 4.90 Å². The zero-order valence-electron chi connectivity index (χ0n) is 12.2. The van der Waals surface area contributed by atoms with Crippen molar-refractivity contribution in [3.8, 4) is 0 Å². The quantitative estimate of drug-likeness (QED) is 0.790. The third-order valence-electron chi connectivity index (χ3n) is 3.69. The van der Waals surface area contributed by atoms with E-state index in [1.165, 1.54) is 37.3 Å². The van der Waals surface area contributed by atoms with Crippen LogP contribution in [0.3, 0.4) is 0 Å². The lowest BCUT2D eigenvalue weighted by Gasteiger charge is -2.32. The van der Waals surface area contributed by atoms with E-state index in [0.29, 0.717) is 0 Å². The highest BCUT2D eigenvalue weighted by molar-refractivity contribution is 5.26. The molecule has 18 heavy (non-hydrogen) atoms. The first-order valence-electron chi connectivity index (χ1n) is 6.87. The summed E-state index contributed by atoms with van der Waals surface area (Å²) >= 11 is 0. The van der Waals surface area contributed by atoms with Gasteiger partial charge in [0.2, 0.25) is 0 Å². The van der Waals surface area contributed by atoms with Crippen molar-refractivity contribution >= 4 is 0 Å². The topological polar surface area (TPSA) is 6.48 Å². The molecular formula is C16H25N2. The summed E-state index contributed by atoms with van der Waals surface area (Å²) in [6.45, 7) is 12.5. The van der Waals surface area contributed by atoms with Crippen molar-refractivity contribution in [3.05, 3.63) is 35.4 Å². The number of rotatable bonds is 2. The Labute approximate surface area is 112 Å². The molecule has 1 aliphatic rings. The van der Waals surface area contributed by atoms with E-state index in [0.717, 1.165) is 6.54 Å². The van der Waals surface area contributed by atoms with E-state index in [4.69, 9.17) is 0 Å². The normalized spacial score (nSPS) is 19.1. The van der Waals surface area contributed by atoms with E-state index in [9.17, 15) is 0 Å². The number of likely N-dealkylation sites (N-methyl/N-ethyl adjacent to an activating group) is 1. The number of hydrogen-bond donors (Lipinski definition) is 0. The average molecular weight is 245 g/mol. The molecule has 0 bridgehead atoms. The van der Waals surface area contributed by atoms with Gasteiger partial charge in [-0.2, -0.15) is 0 Å². The lowest BCUT2D eigenvalue weighted by atomic mass is 9.87. The Kier molecular flexibility index (Phi) is 4.08. The lowest BCUT2D eigenvalue weighted by molar-refractivity contribution is 0.148. The van der Waals surface area contributed by atoms with Crippen LogP contribution in [0.4, 0.5) is 0 Å². The Morgan fingerprint density at radius 3 is 2.28 bits per heavy atom. The van der Waals surface area contributed by atoms with Crippen LogP contribution in [0, 0.1) is 6.07 Å². The van der Waals surface area contributed by atoms with Gasteiger partial charge >= 0.3 is 0 Å². The SMILES string of the molecule is CN1CCN(Cc2c[c]c(C(C)(C)C)cc2)CC1. The zero-order chi connectivity index (χ0) is 13.2. The molecule has 99 valence electrons. The van der Waals surface area contributed by atoms with Crippen LogP contribution in [-0.4, -0.2) is 43.0 Å². The van der Waals surface area contributed by atoms with Gasteiger partial charge in [-0.1, -0.05) is 32.9 Å². The second-order valence-corrected chi connectivity index (χ2v) is 6.44. The van der Waals surface area contributed by atoms with E-state index in [1.807, 2.05) is 0 Å². The summed E-state index contributed by atoms with van der Waals surface area (Å²) in [4.78, 5) is 4.92. The molecule has 0 saturated carbocycles. The molecule has 1 aliphatic heterocycles. The number of nitrogens with zero attached hydrogens (tertiary/aromatic N) is 2. The molecule has 1 fully saturated rings. The van der Waals surface area contributed by atoms with Crippen LogP contribution in [0.25, 0.3) is 0 Å². The molecule has 2 heteroatoms. The van der Waals surface area contributed by atoms with Gasteiger partial charge < -0.3 is 4.90 Å². The summed E-state index contributed by atoms with van der Waals surface area (Å²) in [5.41, 5.74) is 2.88. The standard InChI is InChI=1S/C16H25N2/c1-16(2,3)15-7-5-14(6-8-15)13-18-11-9-17(4)10-12-18/h5-7H,9-13H2,1-4H3. The summed E-state index contributed by atoms with van der Waals surface area (Å²) in [6, 6.07) is 10.1. The second kappa shape index (κ2) is 5.41. The molecule has 1 aromatic carbocycles. The Morgan fingerprint density at radius 1 is 1.11 bits per heavy atom. The van der Waals surface area contributed by atoms with Crippen LogP contribution in [0.5, 0.6) is 0 Å². The van der Waals surface area contributed by atoms with E-state index in [2.05, 4.69) is 61.9 Å². The third kappa shape index (κ3) is 3.56. The molecule has 0 spiro atoms. The van der Waals surface area contributed by atoms with E-state index >= 15 is 0 Å². The Morgan fingerprint density at radius 2 is 1.78 bits per heavy atom. The van der Waals surface area contributed by atoms with Crippen molar-refractivity contribution in [1.29, 1.82) is 0 Å². The minimum Gasteiger partial charge on any atom is -0.304 e. The number of hydrogen-bond acceptors (Lipinski definition) is 2. The van der Waals surface area contributed by atoms with Crippen LogP contribution in [0.2, 0.25) is 0 Å². The molecular weight excluding hydrogens is 220 g/mol. The van der Waals surface area contributed by atoms with Gasteiger partial charge in [0, 0.05) is 32.7 Å². The highest BCUT2D eigenvalue weighted by Crippen LogP contribution is 2.22. The Bertz CT molecular complexity index is 367. The highest BCUT2D eigenvalue weighted by Gasteiger charge is 2.15. The molecule has 2 nitrogen and oxygen atoms in total. The maximum Gasteiger partial charge on any atom is 0.0235 e. The fraction of sp³-hybridized carbons (Fsp3) is 0.625. The maximum atomic E-state index is 3.44. The van der Waals surface area contributed by atoms with Gasteiger partial charge in [-0.15, -0.1) is 0 Å². The molecule has 1 aromatic rings. The van der Waals surface area contributed by atoms with Crippen molar-refractivity contribution in [3.63, 3.8) is 0 Å². The van der Waals surface area contributed by atoms with Crippen LogP contribution in [-0.2, 0) is 12.0 Å². The van der Waals surface area contributed by atoms with Gasteiger partial charge in [-0.05, 0) is 35.7 Å². The van der Waals surface area contributed by atoms with Crippen LogP contribution in [0.15, 0.2) is 18.2 Å². The first kappa shape index (κ1) is 13.6. The second-order valence-electron chi connectivity index (χ2n) is 6.44. The fourth-order valence-corrected chi connectivity index (χ4v) is 2.29. The molecule has 0 atom stereocenters. The Balaban J connectivity index is 1.94. The van der Waals surface area contributed by atoms with Gasteiger partial charge in [0.05, 0.1) is 0 Å². The molecule has 1 saturated heterocycles. The molecule has 1 heterocycles. The molecule has 0 amide bonds. The van der Waals surface area contributed by atoms with Gasteiger partial charge in [-0.25, -0.2) is 0 Å². The molecule has 0 N–H and O–H groups in total. The number of piperazine rings is 1.